The number of para-hydroxylation sites is 1. The highest BCUT2D eigenvalue weighted by atomic mass is 32.2. The van der Waals surface area contributed by atoms with Gasteiger partial charge >= 0.3 is 0 Å². The summed E-state index contributed by atoms with van der Waals surface area (Å²) in [5.41, 5.74) is 30.1. The molecule has 0 aliphatic heterocycles. The Morgan fingerprint density at radius 3 is 1.57 bits per heavy atom. The van der Waals surface area contributed by atoms with Crippen molar-refractivity contribution < 1.29 is 25.9 Å². The largest absolute Gasteiger partial charge is 0.398 e. The number of aryl methyl sites for hydroxylation is 7. The van der Waals surface area contributed by atoms with Gasteiger partial charge in [0.25, 0.3) is 20.2 Å². The van der Waals surface area contributed by atoms with Crippen LogP contribution in [0.5, 0.6) is 0 Å². The van der Waals surface area contributed by atoms with Crippen LogP contribution in [0.4, 0.5) is 22.7 Å². The molecule has 0 saturated heterocycles. The fourth-order valence-electron chi connectivity index (χ4n) is 8.70. The molecule has 0 fully saturated rings. The van der Waals surface area contributed by atoms with Gasteiger partial charge in [-0.1, -0.05) is 60.2 Å². The van der Waals surface area contributed by atoms with Crippen LogP contribution in [0, 0.1) is 55.4 Å². The van der Waals surface area contributed by atoms with Gasteiger partial charge in [-0.25, -0.2) is 0 Å². The minimum absolute atomic E-state index is 0.0743. The molecule has 0 spiro atoms. The number of nitrogens with one attached hydrogen (secondary N) is 1. The van der Waals surface area contributed by atoms with Crippen molar-refractivity contribution in [2.45, 2.75) is 83.9 Å². The van der Waals surface area contributed by atoms with Gasteiger partial charge < -0.3 is 16.8 Å². The van der Waals surface area contributed by atoms with E-state index in [0.717, 1.165) is 56.5 Å². The number of rotatable bonds is 11. The van der Waals surface area contributed by atoms with E-state index in [1.807, 2.05) is 57.2 Å². The average Bonchev–Trinajstić information content (AvgIpc) is 3.09. The Kier molecular flexibility index (Phi) is 11.7. The highest BCUT2D eigenvalue weighted by Crippen LogP contribution is 2.43. The van der Waals surface area contributed by atoms with Crippen LogP contribution in [0.2, 0.25) is 0 Å². The zero-order valence-electron chi connectivity index (χ0n) is 34.2. The first kappa shape index (κ1) is 42.2. The maximum atomic E-state index is 12.3. The molecule has 0 amide bonds. The fraction of sp³-hybridized carbons (Fsp3) is 0.234. The molecule has 0 radical (unpaired) electrons. The quantitative estimate of drug-likeness (QED) is 0.0485. The van der Waals surface area contributed by atoms with Crippen LogP contribution in [-0.2, 0) is 33.1 Å². The molecule has 1 unspecified atom stereocenters. The van der Waals surface area contributed by atoms with Crippen LogP contribution in [0.25, 0.3) is 0 Å². The number of anilines is 4. The van der Waals surface area contributed by atoms with Gasteiger partial charge in [-0.3, -0.25) is 9.11 Å². The van der Waals surface area contributed by atoms with Crippen molar-refractivity contribution in [2.75, 3.05) is 16.8 Å². The zero-order valence-corrected chi connectivity index (χ0v) is 35.8. The second-order valence-corrected chi connectivity index (χ2v) is 18.4. The van der Waals surface area contributed by atoms with Crippen molar-refractivity contribution in [2.24, 2.45) is 0 Å². The van der Waals surface area contributed by atoms with Crippen molar-refractivity contribution in [3.63, 3.8) is 0 Å². The standard InChI is InChI=1S/C47H51N3O6S2/c1-26-17-27(2)39(28(3)18-26)22-34-13-15-37(41(48)24-34)46(45-30(5)20-36(21-31(45)6)50-43-11-9-10-12-44(43)57(51,52)53)38-16-14-35(25-42(38)49)23-40-29(4)19-32(7)47(33(40)8)58(54,55)56/h9-21,24-25,46,50H,22-23,48-49H2,1-8H3,(H,51,52,53)(H,54,55,56). The predicted octanol–water partition coefficient (Wildman–Crippen LogP) is 9.92. The monoisotopic (exact) mass is 817 g/mol. The Morgan fingerprint density at radius 1 is 0.569 bits per heavy atom. The minimum atomic E-state index is -4.47. The molecule has 0 saturated carbocycles. The maximum Gasteiger partial charge on any atom is 0.296 e. The third-order valence-corrected chi connectivity index (χ3v) is 13.2. The molecule has 0 bridgehead atoms. The highest BCUT2D eigenvalue weighted by molar-refractivity contribution is 7.86. The van der Waals surface area contributed by atoms with Gasteiger partial charge in [-0.05, 0) is 183 Å². The molecular formula is C47H51N3O6S2. The Hall–Kier alpha value is -5.46. The first-order valence-electron chi connectivity index (χ1n) is 19.0. The first-order valence-corrected chi connectivity index (χ1v) is 21.9. The highest BCUT2D eigenvalue weighted by Gasteiger charge is 2.27. The number of nitrogen functional groups attached to an aromatic ring is 2. The number of hydrogen-bond acceptors (Lipinski definition) is 7. The normalized spacial score (nSPS) is 12.4. The molecule has 6 aromatic carbocycles. The fourth-order valence-corrected chi connectivity index (χ4v) is 10.3. The summed E-state index contributed by atoms with van der Waals surface area (Å²) in [4.78, 5) is -0.302. The minimum Gasteiger partial charge on any atom is -0.398 e. The summed E-state index contributed by atoms with van der Waals surface area (Å²) in [5, 5.41) is 3.19. The van der Waals surface area contributed by atoms with E-state index < -0.39 is 26.2 Å². The van der Waals surface area contributed by atoms with Crippen LogP contribution >= 0.6 is 0 Å². The van der Waals surface area contributed by atoms with E-state index in [1.165, 1.54) is 28.3 Å². The molecule has 6 aromatic rings. The molecule has 9 nitrogen and oxygen atoms in total. The lowest BCUT2D eigenvalue weighted by atomic mass is 9.78. The summed E-state index contributed by atoms with van der Waals surface area (Å²) in [7, 11) is -8.91. The van der Waals surface area contributed by atoms with Crippen LogP contribution in [0.15, 0.2) is 101 Å². The summed E-state index contributed by atoms with van der Waals surface area (Å²) in [6.45, 7) is 15.7. The molecule has 0 aliphatic carbocycles. The van der Waals surface area contributed by atoms with Crippen LogP contribution in [0.1, 0.15) is 89.4 Å². The Bertz CT molecular complexity index is 2790. The van der Waals surface area contributed by atoms with Crippen molar-refractivity contribution >= 4 is 43.0 Å². The molecule has 302 valence electrons. The lowest BCUT2D eigenvalue weighted by Gasteiger charge is -2.27. The smallest absolute Gasteiger partial charge is 0.296 e. The lowest BCUT2D eigenvalue weighted by Crippen LogP contribution is -2.13. The van der Waals surface area contributed by atoms with Crippen molar-refractivity contribution in [3.05, 3.63) is 174 Å². The summed E-state index contributed by atoms with van der Waals surface area (Å²) in [6, 6.07) is 28.3. The third kappa shape index (κ3) is 8.68. The van der Waals surface area contributed by atoms with Gasteiger partial charge in [0.15, 0.2) is 0 Å². The van der Waals surface area contributed by atoms with E-state index in [-0.39, 0.29) is 15.5 Å². The maximum absolute atomic E-state index is 12.3. The topological polar surface area (TPSA) is 173 Å². The number of hydrogen-bond donors (Lipinski definition) is 5. The van der Waals surface area contributed by atoms with E-state index >= 15 is 0 Å². The molecule has 6 rings (SSSR count). The lowest BCUT2D eigenvalue weighted by molar-refractivity contribution is 0.480. The van der Waals surface area contributed by atoms with Crippen LogP contribution < -0.4 is 16.8 Å². The first-order chi connectivity index (χ1) is 27.1. The van der Waals surface area contributed by atoms with Crippen molar-refractivity contribution in [3.8, 4) is 0 Å². The van der Waals surface area contributed by atoms with E-state index in [1.54, 1.807) is 38.1 Å². The van der Waals surface area contributed by atoms with Gasteiger partial charge in [0.1, 0.15) is 4.90 Å². The molecule has 58 heavy (non-hydrogen) atoms. The SMILES string of the molecule is Cc1cc(C)c(Cc2ccc(C(c3ccc(Cc4c(C)cc(C)c(S(=O)(=O)O)c4C)cc3N)c3c(C)cc(Nc4ccccc4S(=O)(=O)O)cc3C)c(N)c2)c(C)c1. The van der Waals surface area contributed by atoms with Gasteiger partial charge in [-0.2, -0.15) is 16.8 Å². The molecule has 0 heterocycles. The second kappa shape index (κ2) is 16.1. The van der Waals surface area contributed by atoms with Gasteiger partial charge in [0.05, 0.1) is 10.6 Å². The molecule has 0 aliphatic rings. The van der Waals surface area contributed by atoms with E-state index in [4.69, 9.17) is 11.5 Å². The predicted molar refractivity (Wildman–Crippen MR) is 235 cm³/mol. The second-order valence-electron chi connectivity index (χ2n) is 15.6. The van der Waals surface area contributed by atoms with Crippen molar-refractivity contribution in [1.82, 2.24) is 0 Å². The van der Waals surface area contributed by atoms with Gasteiger partial charge in [0, 0.05) is 23.0 Å². The third-order valence-electron chi connectivity index (χ3n) is 11.2. The Morgan fingerprint density at radius 2 is 1.07 bits per heavy atom. The number of nitrogens with two attached hydrogens (primary N) is 2. The molecule has 0 aromatic heterocycles. The van der Waals surface area contributed by atoms with Crippen LogP contribution in [0.3, 0.4) is 0 Å². The van der Waals surface area contributed by atoms with E-state index in [0.29, 0.717) is 34.6 Å². The van der Waals surface area contributed by atoms with E-state index in [2.05, 4.69) is 50.4 Å². The zero-order chi connectivity index (χ0) is 42.4. The van der Waals surface area contributed by atoms with Gasteiger partial charge in [0.2, 0.25) is 0 Å². The van der Waals surface area contributed by atoms with E-state index in [9.17, 15) is 25.9 Å². The average molecular weight is 818 g/mol. The Labute approximate surface area is 342 Å². The van der Waals surface area contributed by atoms with Gasteiger partial charge in [-0.15, -0.1) is 0 Å². The van der Waals surface area contributed by atoms with Crippen LogP contribution in [-0.4, -0.2) is 25.9 Å². The summed E-state index contributed by atoms with van der Waals surface area (Å²) >= 11 is 0. The summed E-state index contributed by atoms with van der Waals surface area (Å²) < 4.78 is 68.9. The Balaban J connectivity index is 1.46. The summed E-state index contributed by atoms with van der Waals surface area (Å²) in [6.07, 6.45) is 1.12. The summed E-state index contributed by atoms with van der Waals surface area (Å²) in [5.74, 6) is -0.404. The molecular weight excluding hydrogens is 767 g/mol. The molecule has 7 N–H and O–H groups in total. The van der Waals surface area contributed by atoms with Crippen molar-refractivity contribution in [1.29, 1.82) is 0 Å². The number of benzene rings is 6. The molecule has 11 heteroatoms. The molecule has 1 atom stereocenters.